The maximum atomic E-state index is 12.4. The minimum Gasteiger partial charge on any atom is -0.481 e. The fourth-order valence-electron chi connectivity index (χ4n) is 3.12. The van der Waals surface area contributed by atoms with Crippen LogP contribution in [0.25, 0.3) is 0 Å². The fraction of sp³-hybridized carbons (Fsp3) is 0.438. The molecule has 6 nitrogen and oxygen atoms in total. The van der Waals surface area contributed by atoms with Crippen LogP contribution < -0.4 is 0 Å². The van der Waals surface area contributed by atoms with Gasteiger partial charge in [-0.3, -0.25) is 14.3 Å². The summed E-state index contributed by atoms with van der Waals surface area (Å²) < 4.78 is 1.82. The van der Waals surface area contributed by atoms with Gasteiger partial charge in [0, 0.05) is 36.8 Å². The average molecular weight is 333 g/mol. The second kappa shape index (κ2) is 6.95. The second-order valence-corrected chi connectivity index (χ2v) is 6.63. The largest absolute Gasteiger partial charge is 0.481 e. The standard InChI is InChI=1S/C16H19N3O3S/c20-14-6-5-12(16(21)22)15(13-4-1-11-23-13)19(14)10-3-9-18-8-2-7-17-18/h1-2,4,7-8,11-12,15H,3,5-6,9-10H2,(H,21,22)/t12-,15-/m0/s1. The minimum atomic E-state index is -0.826. The van der Waals surface area contributed by atoms with Crippen LogP contribution in [0.3, 0.4) is 0 Å². The van der Waals surface area contributed by atoms with E-state index in [-0.39, 0.29) is 11.9 Å². The number of carboxylic acids is 1. The number of carboxylic acid groups (broad SMARTS) is 1. The highest BCUT2D eigenvalue weighted by Crippen LogP contribution is 2.38. The molecule has 1 fully saturated rings. The van der Waals surface area contributed by atoms with E-state index in [1.807, 2.05) is 34.5 Å². The Hall–Kier alpha value is -2.15. The van der Waals surface area contributed by atoms with Crippen LogP contribution in [-0.4, -0.2) is 38.2 Å². The molecule has 23 heavy (non-hydrogen) atoms. The average Bonchev–Trinajstić information content (AvgIpc) is 3.21. The van der Waals surface area contributed by atoms with Gasteiger partial charge in [-0.15, -0.1) is 11.3 Å². The molecule has 1 N–H and O–H groups in total. The van der Waals surface area contributed by atoms with Crippen molar-refractivity contribution < 1.29 is 14.7 Å². The van der Waals surface area contributed by atoms with Crippen molar-refractivity contribution in [3.05, 3.63) is 40.8 Å². The minimum absolute atomic E-state index is 0.0429. The summed E-state index contributed by atoms with van der Waals surface area (Å²) in [6, 6.07) is 5.33. The highest BCUT2D eigenvalue weighted by atomic mass is 32.1. The Morgan fingerprint density at radius 3 is 2.91 bits per heavy atom. The number of carbonyl (C=O) groups excluding carboxylic acids is 1. The number of aryl methyl sites for hydroxylation is 1. The van der Waals surface area contributed by atoms with Crippen LogP contribution in [0.2, 0.25) is 0 Å². The molecule has 0 aromatic carbocycles. The van der Waals surface area contributed by atoms with E-state index >= 15 is 0 Å². The Balaban J connectivity index is 1.75. The lowest BCUT2D eigenvalue weighted by atomic mass is 9.87. The number of amides is 1. The highest BCUT2D eigenvalue weighted by Gasteiger charge is 2.40. The summed E-state index contributed by atoms with van der Waals surface area (Å²) in [5.74, 6) is -1.31. The molecule has 122 valence electrons. The summed E-state index contributed by atoms with van der Waals surface area (Å²) in [5.41, 5.74) is 0. The van der Waals surface area contributed by atoms with Gasteiger partial charge in [0.25, 0.3) is 0 Å². The first-order valence-electron chi connectivity index (χ1n) is 7.70. The Labute approximate surface area is 138 Å². The van der Waals surface area contributed by atoms with Crippen LogP contribution in [0, 0.1) is 5.92 Å². The lowest BCUT2D eigenvalue weighted by Gasteiger charge is -2.39. The lowest BCUT2D eigenvalue weighted by Crippen LogP contribution is -2.45. The third kappa shape index (κ3) is 3.44. The van der Waals surface area contributed by atoms with Gasteiger partial charge in [0.05, 0.1) is 12.0 Å². The molecule has 2 atom stereocenters. The third-order valence-corrected chi connectivity index (χ3v) is 5.15. The van der Waals surface area contributed by atoms with E-state index < -0.39 is 11.9 Å². The van der Waals surface area contributed by atoms with Crippen LogP contribution in [0.5, 0.6) is 0 Å². The molecule has 3 heterocycles. The maximum absolute atomic E-state index is 12.4. The summed E-state index contributed by atoms with van der Waals surface area (Å²) in [5, 5.41) is 15.6. The van der Waals surface area contributed by atoms with E-state index in [0.29, 0.717) is 25.9 Å². The van der Waals surface area contributed by atoms with Crippen molar-refractivity contribution >= 4 is 23.2 Å². The third-order valence-electron chi connectivity index (χ3n) is 4.20. The summed E-state index contributed by atoms with van der Waals surface area (Å²) in [4.78, 5) is 26.7. The van der Waals surface area contributed by atoms with Crippen molar-refractivity contribution in [3.63, 3.8) is 0 Å². The zero-order valence-corrected chi connectivity index (χ0v) is 13.5. The topological polar surface area (TPSA) is 75.4 Å². The molecule has 1 aliphatic heterocycles. The number of likely N-dealkylation sites (tertiary alicyclic amines) is 1. The van der Waals surface area contributed by atoms with E-state index in [1.54, 1.807) is 11.1 Å². The molecule has 1 aliphatic rings. The van der Waals surface area contributed by atoms with Gasteiger partial charge < -0.3 is 10.0 Å². The molecule has 3 rings (SSSR count). The first-order chi connectivity index (χ1) is 11.2. The van der Waals surface area contributed by atoms with Crippen molar-refractivity contribution in [2.24, 2.45) is 5.92 Å². The number of thiophene rings is 1. The van der Waals surface area contributed by atoms with E-state index in [1.165, 1.54) is 11.3 Å². The van der Waals surface area contributed by atoms with Crippen molar-refractivity contribution in [2.75, 3.05) is 6.54 Å². The predicted molar refractivity (Wildman–Crippen MR) is 86.0 cm³/mol. The Morgan fingerprint density at radius 2 is 2.26 bits per heavy atom. The molecule has 0 spiro atoms. The van der Waals surface area contributed by atoms with Crippen molar-refractivity contribution in [3.8, 4) is 0 Å². The molecular formula is C16H19N3O3S. The number of nitrogens with zero attached hydrogens (tertiary/aromatic N) is 3. The molecule has 1 saturated heterocycles. The molecule has 0 radical (unpaired) electrons. The SMILES string of the molecule is O=C(O)[C@H]1CCC(=O)N(CCCn2cccn2)[C@@H]1c1cccs1. The number of hydrogen-bond donors (Lipinski definition) is 1. The van der Waals surface area contributed by atoms with Gasteiger partial charge in [-0.2, -0.15) is 5.10 Å². The van der Waals surface area contributed by atoms with Crippen LogP contribution >= 0.6 is 11.3 Å². The number of hydrogen-bond acceptors (Lipinski definition) is 4. The number of aliphatic carboxylic acids is 1. The normalized spacial score (nSPS) is 21.6. The summed E-state index contributed by atoms with van der Waals surface area (Å²) in [6.45, 7) is 1.26. The number of piperidine rings is 1. The molecule has 0 saturated carbocycles. The van der Waals surface area contributed by atoms with Gasteiger partial charge in [-0.05, 0) is 30.4 Å². The number of aromatic nitrogens is 2. The summed E-state index contributed by atoms with van der Waals surface area (Å²) in [6.07, 6.45) is 5.07. The zero-order chi connectivity index (χ0) is 16.2. The van der Waals surface area contributed by atoms with Crippen LogP contribution in [-0.2, 0) is 16.1 Å². The first kappa shape index (κ1) is 15.7. The van der Waals surface area contributed by atoms with Gasteiger partial charge in [0.15, 0.2) is 0 Å². The quantitative estimate of drug-likeness (QED) is 0.881. The van der Waals surface area contributed by atoms with Crippen molar-refractivity contribution in [1.29, 1.82) is 0 Å². The highest BCUT2D eigenvalue weighted by molar-refractivity contribution is 7.10. The van der Waals surface area contributed by atoms with E-state index in [0.717, 1.165) is 11.3 Å². The Kier molecular flexibility index (Phi) is 4.76. The molecule has 0 aliphatic carbocycles. The monoisotopic (exact) mass is 333 g/mol. The maximum Gasteiger partial charge on any atom is 0.308 e. The zero-order valence-electron chi connectivity index (χ0n) is 12.7. The smallest absolute Gasteiger partial charge is 0.308 e. The van der Waals surface area contributed by atoms with E-state index in [2.05, 4.69) is 5.10 Å². The number of carbonyl (C=O) groups is 2. The molecule has 0 bridgehead atoms. The van der Waals surface area contributed by atoms with Crippen LogP contribution in [0.4, 0.5) is 0 Å². The van der Waals surface area contributed by atoms with Crippen molar-refractivity contribution in [1.82, 2.24) is 14.7 Å². The molecule has 2 aromatic rings. The van der Waals surface area contributed by atoms with E-state index in [9.17, 15) is 14.7 Å². The number of rotatable bonds is 6. The lowest BCUT2D eigenvalue weighted by molar-refractivity contribution is -0.152. The predicted octanol–water partition coefficient (Wildman–Crippen LogP) is 2.40. The van der Waals surface area contributed by atoms with Crippen LogP contribution in [0.1, 0.15) is 30.2 Å². The second-order valence-electron chi connectivity index (χ2n) is 5.65. The Morgan fingerprint density at radius 1 is 1.39 bits per heavy atom. The molecular weight excluding hydrogens is 314 g/mol. The van der Waals surface area contributed by atoms with Gasteiger partial charge in [0.2, 0.25) is 5.91 Å². The molecule has 1 amide bonds. The molecule has 7 heteroatoms. The fourth-order valence-corrected chi connectivity index (χ4v) is 4.02. The van der Waals surface area contributed by atoms with Crippen molar-refractivity contribution in [2.45, 2.75) is 31.8 Å². The molecule has 0 unspecified atom stereocenters. The van der Waals surface area contributed by atoms with Gasteiger partial charge in [-0.1, -0.05) is 6.07 Å². The van der Waals surface area contributed by atoms with Gasteiger partial charge in [0.1, 0.15) is 0 Å². The first-order valence-corrected chi connectivity index (χ1v) is 8.58. The van der Waals surface area contributed by atoms with Gasteiger partial charge >= 0.3 is 5.97 Å². The van der Waals surface area contributed by atoms with Crippen LogP contribution in [0.15, 0.2) is 36.0 Å². The molecule has 2 aromatic heterocycles. The van der Waals surface area contributed by atoms with E-state index in [4.69, 9.17) is 0 Å². The summed E-state index contributed by atoms with van der Waals surface area (Å²) >= 11 is 1.51. The summed E-state index contributed by atoms with van der Waals surface area (Å²) in [7, 11) is 0. The van der Waals surface area contributed by atoms with Gasteiger partial charge in [-0.25, -0.2) is 0 Å². The Bertz CT molecular complexity index is 654.